The predicted octanol–water partition coefficient (Wildman–Crippen LogP) is 0.595. The van der Waals surface area contributed by atoms with E-state index in [9.17, 15) is 22.0 Å². The molecule has 1 aliphatic rings. The van der Waals surface area contributed by atoms with Crippen LogP contribution >= 0.6 is 0 Å². The monoisotopic (exact) mass is 320 g/mol. The van der Waals surface area contributed by atoms with Crippen molar-refractivity contribution in [3.63, 3.8) is 0 Å². The molecule has 1 fully saturated rings. The molecule has 1 aromatic carbocycles. The van der Waals surface area contributed by atoms with Crippen LogP contribution in [0.5, 0.6) is 0 Å². The Kier molecular flexibility index (Phi) is 4.55. The highest BCUT2D eigenvalue weighted by Gasteiger charge is 2.31. The lowest BCUT2D eigenvalue weighted by atomic mass is 10.0. The molecule has 9 heteroatoms. The summed E-state index contributed by atoms with van der Waals surface area (Å²) in [6.45, 7) is 0.508. The van der Waals surface area contributed by atoms with Crippen molar-refractivity contribution in [3.8, 4) is 0 Å². The minimum atomic E-state index is -4.63. The van der Waals surface area contributed by atoms with Crippen LogP contribution in [0.4, 0.5) is 14.5 Å². The fourth-order valence-corrected chi connectivity index (χ4v) is 2.63. The number of hydrogen-bond donors (Lipinski definition) is 2. The number of hydrogen-bond acceptors (Lipinski definition) is 5. The number of alkyl halides is 2. The molecule has 6 nitrogen and oxygen atoms in total. The molecule has 2 atom stereocenters. The molecule has 0 saturated carbocycles. The quantitative estimate of drug-likeness (QED) is 0.846. The van der Waals surface area contributed by atoms with Crippen molar-refractivity contribution in [2.45, 2.75) is 16.7 Å². The Morgan fingerprint density at radius 2 is 1.90 bits per heavy atom. The fraction of sp³-hybridized carbons (Fsp3) is 0.417. The lowest BCUT2D eigenvalue weighted by Gasteiger charge is -2.13. The van der Waals surface area contributed by atoms with Crippen LogP contribution in [-0.2, 0) is 19.4 Å². The third-order valence-corrected chi connectivity index (χ3v) is 4.54. The summed E-state index contributed by atoms with van der Waals surface area (Å²) in [4.78, 5) is 11.4. The molecule has 1 heterocycles. The number of rotatable bonds is 4. The molecule has 0 bridgehead atoms. The normalized spacial score (nSPS) is 22.5. The van der Waals surface area contributed by atoms with Crippen molar-refractivity contribution in [1.29, 1.82) is 0 Å². The first-order valence-corrected chi connectivity index (χ1v) is 7.63. The smallest absolute Gasteiger partial charge is 0.341 e. The largest absolute Gasteiger partial charge is 0.379 e. The molecule has 0 radical (unpaired) electrons. The van der Waals surface area contributed by atoms with Crippen molar-refractivity contribution >= 4 is 21.4 Å². The van der Waals surface area contributed by atoms with Crippen LogP contribution in [0.15, 0.2) is 29.2 Å². The van der Waals surface area contributed by atoms with E-state index in [-0.39, 0.29) is 12.5 Å². The average molecular weight is 320 g/mol. The van der Waals surface area contributed by atoms with Gasteiger partial charge in [-0.15, -0.1) is 0 Å². The van der Waals surface area contributed by atoms with Gasteiger partial charge in [-0.05, 0) is 24.3 Å². The highest BCUT2D eigenvalue weighted by molar-refractivity contribution is 7.91. The third kappa shape index (κ3) is 3.36. The predicted molar refractivity (Wildman–Crippen MR) is 70.5 cm³/mol. The summed E-state index contributed by atoms with van der Waals surface area (Å²) in [5, 5.41) is 2.54. The highest BCUT2D eigenvalue weighted by Crippen LogP contribution is 2.21. The molecule has 0 spiro atoms. The molecular formula is C12H14F2N2O4S. The summed E-state index contributed by atoms with van der Waals surface area (Å²) < 4.78 is 52.3. The molecule has 1 amide bonds. The van der Waals surface area contributed by atoms with Gasteiger partial charge in [0.1, 0.15) is 0 Å². The number of sulfone groups is 1. The first-order valence-electron chi connectivity index (χ1n) is 6.08. The summed E-state index contributed by atoms with van der Waals surface area (Å²) in [5.74, 6) is -4.33. The second kappa shape index (κ2) is 6.04. The molecule has 2 rings (SSSR count). The Hall–Kier alpha value is -1.58. The Morgan fingerprint density at radius 1 is 1.29 bits per heavy atom. The van der Waals surface area contributed by atoms with Crippen LogP contribution in [0.2, 0.25) is 0 Å². The number of carbonyl (C=O) groups is 1. The van der Waals surface area contributed by atoms with Crippen LogP contribution in [0.3, 0.4) is 0 Å². The molecule has 1 aromatic rings. The minimum Gasteiger partial charge on any atom is -0.379 e. The molecule has 1 aliphatic heterocycles. The van der Waals surface area contributed by atoms with Crippen molar-refractivity contribution in [2.24, 2.45) is 11.7 Å². The number of benzene rings is 1. The lowest BCUT2D eigenvalue weighted by molar-refractivity contribution is -0.120. The van der Waals surface area contributed by atoms with Crippen molar-refractivity contribution in [3.05, 3.63) is 24.3 Å². The summed E-state index contributed by atoms with van der Waals surface area (Å²) >= 11 is 0. The highest BCUT2D eigenvalue weighted by atomic mass is 32.2. The van der Waals surface area contributed by atoms with E-state index in [1.807, 2.05) is 0 Å². The number of anilines is 1. The number of carbonyl (C=O) groups excluding carboxylic acids is 1. The van der Waals surface area contributed by atoms with Crippen LogP contribution in [0.1, 0.15) is 0 Å². The van der Waals surface area contributed by atoms with Gasteiger partial charge in [0.15, 0.2) is 0 Å². The molecule has 0 aromatic heterocycles. The number of nitrogens with two attached hydrogens (primary N) is 1. The molecule has 3 N–H and O–H groups in total. The van der Waals surface area contributed by atoms with E-state index in [1.165, 1.54) is 12.1 Å². The Labute approximate surface area is 120 Å². The van der Waals surface area contributed by atoms with Crippen molar-refractivity contribution < 1.29 is 26.7 Å². The maximum Gasteiger partial charge on any atom is 0.341 e. The number of nitrogens with one attached hydrogen (secondary N) is 1. The Bertz CT molecular complexity index is 619. The molecule has 116 valence electrons. The third-order valence-electron chi connectivity index (χ3n) is 3.15. The van der Waals surface area contributed by atoms with Crippen LogP contribution in [-0.4, -0.2) is 39.3 Å². The van der Waals surface area contributed by atoms with Crippen molar-refractivity contribution in [1.82, 2.24) is 0 Å². The van der Waals surface area contributed by atoms with Gasteiger partial charge in [0.05, 0.1) is 24.0 Å². The van der Waals surface area contributed by atoms with E-state index in [4.69, 9.17) is 10.5 Å². The molecule has 1 saturated heterocycles. The maximum absolute atomic E-state index is 12.4. The van der Waals surface area contributed by atoms with Gasteiger partial charge in [-0.1, -0.05) is 0 Å². The average Bonchev–Trinajstić information content (AvgIpc) is 2.85. The zero-order valence-electron chi connectivity index (χ0n) is 10.8. The summed E-state index contributed by atoms with van der Waals surface area (Å²) in [5.41, 5.74) is 6.00. The zero-order valence-corrected chi connectivity index (χ0v) is 11.6. The minimum absolute atomic E-state index is 0.213. The van der Waals surface area contributed by atoms with Gasteiger partial charge >= 0.3 is 5.76 Å². The standard InChI is InChI=1S/C12H14F2N2O4S/c13-12(14)21(18,19)8-3-1-7(2-4-8)16-11(17)9-5-20-6-10(9)15/h1-4,9-10,12H,5-6,15H2,(H,16,17). The summed E-state index contributed by atoms with van der Waals surface area (Å²) in [6, 6.07) is 4.12. The van der Waals surface area contributed by atoms with E-state index in [2.05, 4.69) is 5.32 Å². The van der Waals surface area contributed by atoms with Gasteiger partial charge in [0, 0.05) is 11.7 Å². The second-order valence-corrected chi connectivity index (χ2v) is 6.54. The zero-order chi connectivity index (χ0) is 15.6. The number of ether oxygens (including phenoxy) is 1. The SMILES string of the molecule is NC1COCC1C(=O)Nc1ccc(S(=O)(=O)C(F)F)cc1. The fourth-order valence-electron chi connectivity index (χ4n) is 1.91. The Balaban J connectivity index is 2.08. The van der Waals surface area contributed by atoms with Gasteiger partial charge in [0.2, 0.25) is 15.7 Å². The topological polar surface area (TPSA) is 98.5 Å². The first kappa shape index (κ1) is 15.8. The van der Waals surface area contributed by atoms with Gasteiger partial charge in [-0.3, -0.25) is 4.79 Å². The first-order chi connectivity index (χ1) is 9.82. The number of halogens is 2. The van der Waals surface area contributed by atoms with Crippen LogP contribution in [0, 0.1) is 5.92 Å². The van der Waals surface area contributed by atoms with E-state index < -0.39 is 32.4 Å². The molecule has 21 heavy (non-hydrogen) atoms. The van der Waals surface area contributed by atoms with Gasteiger partial charge in [-0.25, -0.2) is 8.42 Å². The summed E-state index contributed by atoms with van der Waals surface area (Å²) in [7, 11) is -4.63. The van der Waals surface area contributed by atoms with E-state index in [1.54, 1.807) is 0 Å². The van der Waals surface area contributed by atoms with Crippen molar-refractivity contribution in [2.75, 3.05) is 18.5 Å². The number of amides is 1. The molecule has 0 aliphatic carbocycles. The lowest BCUT2D eigenvalue weighted by Crippen LogP contribution is -2.37. The van der Waals surface area contributed by atoms with E-state index in [0.717, 1.165) is 12.1 Å². The van der Waals surface area contributed by atoms with E-state index in [0.29, 0.717) is 12.3 Å². The summed E-state index contributed by atoms with van der Waals surface area (Å²) in [6.07, 6.45) is 0. The molecular weight excluding hydrogens is 306 g/mol. The van der Waals surface area contributed by atoms with Gasteiger partial charge < -0.3 is 15.8 Å². The molecule has 2 unspecified atom stereocenters. The van der Waals surface area contributed by atoms with Gasteiger partial charge in [-0.2, -0.15) is 8.78 Å². The second-order valence-electron chi connectivity index (χ2n) is 4.63. The maximum atomic E-state index is 12.4. The van der Waals surface area contributed by atoms with Crippen LogP contribution < -0.4 is 11.1 Å². The van der Waals surface area contributed by atoms with E-state index >= 15 is 0 Å². The Morgan fingerprint density at radius 3 is 2.38 bits per heavy atom. The van der Waals surface area contributed by atoms with Crippen LogP contribution in [0.25, 0.3) is 0 Å². The van der Waals surface area contributed by atoms with Gasteiger partial charge in [0.25, 0.3) is 0 Å².